The van der Waals surface area contributed by atoms with E-state index >= 15 is 0 Å². The van der Waals surface area contributed by atoms with Gasteiger partial charge in [0, 0.05) is 18.2 Å². The fraction of sp³-hybridized carbons (Fsp3) is 0.538. The molecule has 1 saturated heterocycles. The van der Waals surface area contributed by atoms with Gasteiger partial charge in [-0.25, -0.2) is 8.78 Å². The van der Waals surface area contributed by atoms with E-state index in [4.69, 9.17) is 0 Å². The lowest BCUT2D eigenvalue weighted by Crippen LogP contribution is -2.41. The number of rotatable bonds is 3. The van der Waals surface area contributed by atoms with Crippen LogP contribution in [0, 0.1) is 11.6 Å². The van der Waals surface area contributed by atoms with Gasteiger partial charge in [-0.2, -0.15) is 0 Å². The Bertz CT molecular complexity index is 423. The largest absolute Gasteiger partial charge is 0.317 e. The molecule has 0 aliphatic carbocycles. The van der Waals surface area contributed by atoms with Crippen molar-refractivity contribution in [2.75, 3.05) is 20.1 Å². The molecule has 0 unspecified atom stereocenters. The summed E-state index contributed by atoms with van der Waals surface area (Å²) in [6.45, 7) is 2.08. The van der Waals surface area contributed by atoms with Crippen LogP contribution in [0.3, 0.4) is 0 Å². The number of hydrogen-bond acceptors (Lipinski definition) is 2. The summed E-state index contributed by atoms with van der Waals surface area (Å²) in [5.74, 6) is -0.947. The molecule has 0 saturated carbocycles. The minimum Gasteiger partial charge on any atom is -0.317 e. The number of likely N-dealkylation sites (tertiary alicyclic amines) is 1. The average molecular weight is 356 g/mol. The van der Waals surface area contributed by atoms with Crippen LogP contribution in [-0.4, -0.2) is 31.1 Å². The molecule has 0 aromatic heterocycles. The van der Waals surface area contributed by atoms with E-state index in [0.717, 1.165) is 25.9 Å². The van der Waals surface area contributed by atoms with Gasteiger partial charge in [0.15, 0.2) is 0 Å². The van der Waals surface area contributed by atoms with Crippen molar-refractivity contribution in [1.82, 2.24) is 10.2 Å². The van der Waals surface area contributed by atoms with Gasteiger partial charge in [-0.15, -0.1) is 12.4 Å². The van der Waals surface area contributed by atoms with Crippen molar-refractivity contribution in [3.8, 4) is 0 Å². The van der Waals surface area contributed by atoms with Crippen molar-refractivity contribution in [3.63, 3.8) is 0 Å². The van der Waals surface area contributed by atoms with Gasteiger partial charge in [-0.3, -0.25) is 4.90 Å². The van der Waals surface area contributed by atoms with Gasteiger partial charge < -0.3 is 5.32 Å². The van der Waals surface area contributed by atoms with E-state index in [0.29, 0.717) is 17.1 Å². The third-order valence-electron chi connectivity index (χ3n) is 3.52. The molecule has 19 heavy (non-hydrogen) atoms. The lowest BCUT2D eigenvalue weighted by Gasteiger charge is -2.31. The number of nitrogens with one attached hydrogen (secondary N) is 1. The van der Waals surface area contributed by atoms with Gasteiger partial charge in [-0.05, 0) is 61.0 Å². The first-order valence-electron chi connectivity index (χ1n) is 6.14. The third kappa shape index (κ3) is 4.12. The summed E-state index contributed by atoms with van der Waals surface area (Å²) < 4.78 is 27.8. The standard InChI is InChI=1S/C13H17BrF2N2.ClH/c1-17-9-4-6-18(7-5-9)8-10-12(15)3-2-11(14)13(10)16;/h2-3,9,17H,4-8H2,1H3;1H. The second-order valence-corrected chi connectivity index (χ2v) is 5.52. The highest BCUT2D eigenvalue weighted by molar-refractivity contribution is 9.10. The Kier molecular flexibility index (Phi) is 6.66. The first-order valence-corrected chi connectivity index (χ1v) is 6.93. The van der Waals surface area contributed by atoms with E-state index in [1.54, 1.807) is 0 Å². The molecule has 0 bridgehead atoms. The maximum absolute atomic E-state index is 13.8. The maximum atomic E-state index is 13.8. The van der Waals surface area contributed by atoms with Crippen LogP contribution in [-0.2, 0) is 6.54 Å². The van der Waals surface area contributed by atoms with Gasteiger partial charge in [0.05, 0.1) is 4.47 Å². The lowest BCUT2D eigenvalue weighted by atomic mass is 10.0. The predicted molar refractivity (Wildman–Crippen MR) is 78.7 cm³/mol. The van der Waals surface area contributed by atoms with Crippen LogP contribution in [0.5, 0.6) is 0 Å². The van der Waals surface area contributed by atoms with Crippen LogP contribution in [0.2, 0.25) is 0 Å². The molecular weight excluding hydrogens is 338 g/mol. The highest BCUT2D eigenvalue weighted by Gasteiger charge is 2.21. The molecule has 1 fully saturated rings. The molecule has 1 aromatic carbocycles. The number of benzene rings is 1. The Labute approximate surface area is 127 Å². The van der Waals surface area contributed by atoms with E-state index in [1.807, 2.05) is 7.05 Å². The van der Waals surface area contributed by atoms with Crippen molar-refractivity contribution in [1.29, 1.82) is 0 Å². The minimum atomic E-state index is -0.481. The summed E-state index contributed by atoms with van der Waals surface area (Å²) >= 11 is 3.10. The molecule has 2 rings (SSSR count). The molecule has 6 heteroatoms. The molecule has 108 valence electrons. The lowest BCUT2D eigenvalue weighted by molar-refractivity contribution is 0.190. The molecular formula is C13H18BrClF2N2. The van der Waals surface area contributed by atoms with Crippen LogP contribution in [0.15, 0.2) is 16.6 Å². The zero-order valence-electron chi connectivity index (χ0n) is 10.8. The Morgan fingerprint density at radius 3 is 2.53 bits per heavy atom. The quantitative estimate of drug-likeness (QED) is 0.837. The van der Waals surface area contributed by atoms with Crippen molar-refractivity contribution >= 4 is 28.3 Å². The monoisotopic (exact) mass is 354 g/mol. The van der Waals surface area contributed by atoms with Crippen molar-refractivity contribution in [3.05, 3.63) is 33.8 Å². The smallest absolute Gasteiger partial charge is 0.144 e. The summed E-state index contributed by atoms with van der Waals surface area (Å²) in [7, 11) is 1.95. The highest BCUT2D eigenvalue weighted by atomic mass is 79.9. The molecule has 0 amide bonds. The van der Waals surface area contributed by atoms with Crippen LogP contribution in [0.25, 0.3) is 0 Å². The second-order valence-electron chi connectivity index (χ2n) is 4.66. The fourth-order valence-electron chi connectivity index (χ4n) is 2.32. The van der Waals surface area contributed by atoms with Crippen LogP contribution >= 0.6 is 28.3 Å². The third-order valence-corrected chi connectivity index (χ3v) is 4.13. The predicted octanol–water partition coefficient (Wildman–Crippen LogP) is 3.33. The summed E-state index contributed by atoms with van der Waals surface area (Å²) in [6, 6.07) is 3.24. The molecule has 0 atom stereocenters. The first kappa shape index (κ1) is 16.8. The normalized spacial score (nSPS) is 17.3. The van der Waals surface area contributed by atoms with Crippen molar-refractivity contribution < 1.29 is 8.78 Å². The Morgan fingerprint density at radius 2 is 1.95 bits per heavy atom. The molecule has 1 aromatic rings. The van der Waals surface area contributed by atoms with E-state index in [9.17, 15) is 8.78 Å². The zero-order valence-corrected chi connectivity index (χ0v) is 13.2. The van der Waals surface area contributed by atoms with Crippen LogP contribution in [0.4, 0.5) is 8.78 Å². The Hall–Kier alpha value is -0.230. The van der Waals surface area contributed by atoms with Gasteiger partial charge in [0.1, 0.15) is 11.6 Å². The molecule has 0 radical (unpaired) electrons. The topological polar surface area (TPSA) is 15.3 Å². The van der Waals surface area contributed by atoms with Crippen molar-refractivity contribution in [2.24, 2.45) is 0 Å². The molecule has 2 nitrogen and oxygen atoms in total. The van der Waals surface area contributed by atoms with Crippen LogP contribution < -0.4 is 5.32 Å². The maximum Gasteiger partial charge on any atom is 0.144 e. The van der Waals surface area contributed by atoms with E-state index in [1.165, 1.54) is 12.1 Å². The highest BCUT2D eigenvalue weighted by Crippen LogP contribution is 2.24. The first-order chi connectivity index (χ1) is 8.61. The molecule has 1 aliphatic heterocycles. The molecule has 0 spiro atoms. The second kappa shape index (κ2) is 7.53. The van der Waals surface area contributed by atoms with Gasteiger partial charge in [-0.1, -0.05) is 0 Å². The summed E-state index contributed by atoms with van der Waals surface area (Å²) in [5, 5.41) is 3.24. The van der Waals surface area contributed by atoms with Crippen LogP contribution in [0.1, 0.15) is 18.4 Å². The van der Waals surface area contributed by atoms with Gasteiger partial charge >= 0.3 is 0 Å². The zero-order chi connectivity index (χ0) is 13.1. The molecule has 1 aliphatic rings. The molecule has 1 N–H and O–H groups in total. The Balaban J connectivity index is 0.00000180. The average Bonchev–Trinajstić information content (AvgIpc) is 2.40. The summed E-state index contributed by atoms with van der Waals surface area (Å²) in [5.41, 5.74) is 0.160. The van der Waals surface area contributed by atoms with E-state index in [2.05, 4.69) is 26.1 Å². The number of nitrogens with zero attached hydrogens (tertiary/aromatic N) is 1. The SMILES string of the molecule is CNC1CCN(Cc2c(F)ccc(Br)c2F)CC1.Cl. The van der Waals surface area contributed by atoms with Gasteiger partial charge in [0.25, 0.3) is 0 Å². The van der Waals surface area contributed by atoms with E-state index < -0.39 is 11.6 Å². The fourth-order valence-corrected chi connectivity index (χ4v) is 2.69. The number of halogens is 4. The van der Waals surface area contributed by atoms with Crippen molar-refractivity contribution in [2.45, 2.75) is 25.4 Å². The van der Waals surface area contributed by atoms with Gasteiger partial charge in [0.2, 0.25) is 0 Å². The summed E-state index contributed by atoms with van der Waals surface area (Å²) in [6.07, 6.45) is 2.04. The number of hydrogen-bond donors (Lipinski definition) is 1. The number of piperidine rings is 1. The van der Waals surface area contributed by atoms with E-state index in [-0.39, 0.29) is 18.0 Å². The minimum absolute atomic E-state index is 0. The molecule has 1 heterocycles. The summed E-state index contributed by atoms with van der Waals surface area (Å²) in [4.78, 5) is 2.10. The Morgan fingerprint density at radius 1 is 1.32 bits per heavy atom.